The number of benzene rings is 1. The van der Waals surface area contributed by atoms with E-state index in [9.17, 15) is 4.79 Å². The van der Waals surface area contributed by atoms with Crippen LogP contribution in [-0.2, 0) is 0 Å². The molecule has 0 atom stereocenters. The Kier molecular flexibility index (Phi) is 3.60. The lowest BCUT2D eigenvalue weighted by Crippen LogP contribution is -2.29. The molecule has 1 aromatic rings. The Bertz CT molecular complexity index is 450. The zero-order valence-electron chi connectivity index (χ0n) is 11.5. The van der Waals surface area contributed by atoms with Gasteiger partial charge < -0.3 is 10.6 Å². The van der Waals surface area contributed by atoms with Crippen molar-refractivity contribution in [2.45, 2.75) is 33.6 Å². The summed E-state index contributed by atoms with van der Waals surface area (Å²) in [6.45, 7) is 7.99. The van der Waals surface area contributed by atoms with Gasteiger partial charge in [-0.1, -0.05) is 6.92 Å². The Hall–Kier alpha value is -1.51. The molecule has 0 aliphatic heterocycles. The summed E-state index contributed by atoms with van der Waals surface area (Å²) < 4.78 is 0. The highest BCUT2D eigenvalue weighted by molar-refractivity contribution is 5.94. The zero-order chi connectivity index (χ0) is 13.2. The maximum Gasteiger partial charge on any atom is 0.251 e. The maximum absolute atomic E-state index is 12.0. The van der Waals surface area contributed by atoms with Crippen molar-refractivity contribution in [2.75, 3.05) is 18.4 Å². The van der Waals surface area contributed by atoms with Gasteiger partial charge in [-0.05, 0) is 55.9 Å². The van der Waals surface area contributed by atoms with Gasteiger partial charge in [-0.25, -0.2) is 0 Å². The minimum atomic E-state index is 0.0364. The normalized spacial score (nSPS) is 16.2. The van der Waals surface area contributed by atoms with Gasteiger partial charge in [-0.2, -0.15) is 0 Å². The average Bonchev–Trinajstić information content (AvgIpc) is 3.08. The van der Waals surface area contributed by atoms with Crippen molar-refractivity contribution in [3.8, 4) is 0 Å². The molecule has 1 fully saturated rings. The van der Waals surface area contributed by atoms with Crippen LogP contribution in [0.25, 0.3) is 0 Å². The molecule has 2 rings (SSSR count). The van der Waals surface area contributed by atoms with Gasteiger partial charge in [-0.3, -0.25) is 4.79 Å². The maximum atomic E-state index is 12.0. The van der Waals surface area contributed by atoms with Crippen LogP contribution in [-0.4, -0.2) is 19.0 Å². The average molecular weight is 246 g/mol. The molecule has 0 heterocycles. The summed E-state index contributed by atoms with van der Waals surface area (Å²) in [6.07, 6.45) is 2.46. The second-order valence-corrected chi connectivity index (χ2v) is 5.55. The fourth-order valence-electron chi connectivity index (χ4n) is 1.98. The molecule has 18 heavy (non-hydrogen) atoms. The number of carbonyl (C=O) groups excluding carboxylic acids is 1. The van der Waals surface area contributed by atoms with Crippen LogP contribution in [0.4, 0.5) is 5.69 Å². The van der Waals surface area contributed by atoms with E-state index in [2.05, 4.69) is 24.5 Å². The summed E-state index contributed by atoms with van der Waals surface area (Å²) in [7, 11) is 0. The standard InChI is InChI=1S/C15H22N2O/c1-4-16-13-6-5-12(9-11(13)2)14(18)17-10-15(3)7-8-15/h5-6,9,16H,4,7-8,10H2,1-3H3,(H,17,18). The lowest BCUT2D eigenvalue weighted by molar-refractivity contribution is 0.0946. The van der Waals surface area contributed by atoms with E-state index in [1.807, 2.05) is 25.1 Å². The van der Waals surface area contributed by atoms with Crippen LogP contribution in [0.2, 0.25) is 0 Å². The van der Waals surface area contributed by atoms with Crippen LogP contribution in [0.3, 0.4) is 0 Å². The lowest BCUT2D eigenvalue weighted by Gasteiger charge is -2.12. The highest BCUT2D eigenvalue weighted by Crippen LogP contribution is 2.44. The van der Waals surface area contributed by atoms with Gasteiger partial charge in [0, 0.05) is 24.3 Å². The van der Waals surface area contributed by atoms with Gasteiger partial charge in [0.1, 0.15) is 0 Å². The van der Waals surface area contributed by atoms with E-state index in [0.717, 1.165) is 29.9 Å². The molecule has 1 aliphatic carbocycles. The molecule has 1 aromatic carbocycles. The second-order valence-electron chi connectivity index (χ2n) is 5.55. The van der Waals surface area contributed by atoms with E-state index in [1.165, 1.54) is 12.8 Å². The van der Waals surface area contributed by atoms with Crippen LogP contribution in [0.15, 0.2) is 18.2 Å². The third-order valence-corrected chi connectivity index (χ3v) is 3.64. The van der Waals surface area contributed by atoms with E-state index in [-0.39, 0.29) is 5.91 Å². The van der Waals surface area contributed by atoms with Crippen molar-refractivity contribution in [2.24, 2.45) is 5.41 Å². The Labute approximate surface area is 109 Å². The number of hydrogen-bond acceptors (Lipinski definition) is 2. The minimum Gasteiger partial charge on any atom is -0.385 e. The van der Waals surface area contributed by atoms with E-state index in [1.54, 1.807) is 0 Å². The Balaban J connectivity index is 1.99. The number of anilines is 1. The van der Waals surface area contributed by atoms with Crippen molar-refractivity contribution in [3.05, 3.63) is 29.3 Å². The molecule has 0 unspecified atom stereocenters. The molecule has 98 valence electrons. The summed E-state index contributed by atoms with van der Waals surface area (Å²) in [5.74, 6) is 0.0364. The summed E-state index contributed by atoms with van der Waals surface area (Å²) in [6, 6.07) is 5.81. The summed E-state index contributed by atoms with van der Waals surface area (Å²) >= 11 is 0. The first kappa shape index (κ1) is 12.9. The first-order chi connectivity index (χ1) is 8.54. The number of nitrogens with one attached hydrogen (secondary N) is 2. The van der Waals surface area contributed by atoms with Crippen molar-refractivity contribution in [3.63, 3.8) is 0 Å². The fourth-order valence-corrected chi connectivity index (χ4v) is 1.98. The first-order valence-corrected chi connectivity index (χ1v) is 6.67. The van der Waals surface area contributed by atoms with Gasteiger partial charge in [-0.15, -0.1) is 0 Å². The smallest absolute Gasteiger partial charge is 0.251 e. The molecule has 2 N–H and O–H groups in total. The highest BCUT2D eigenvalue weighted by Gasteiger charge is 2.37. The number of amides is 1. The third kappa shape index (κ3) is 3.03. The van der Waals surface area contributed by atoms with E-state index < -0.39 is 0 Å². The van der Waals surface area contributed by atoms with Crippen molar-refractivity contribution < 1.29 is 4.79 Å². The molecule has 0 spiro atoms. The predicted octanol–water partition coefficient (Wildman–Crippen LogP) is 2.96. The summed E-state index contributed by atoms with van der Waals surface area (Å²) in [5, 5.41) is 6.30. The molecule has 0 aromatic heterocycles. The fraction of sp³-hybridized carbons (Fsp3) is 0.533. The second kappa shape index (κ2) is 5.01. The topological polar surface area (TPSA) is 41.1 Å². The van der Waals surface area contributed by atoms with Gasteiger partial charge >= 0.3 is 0 Å². The van der Waals surface area contributed by atoms with Crippen LogP contribution in [0, 0.1) is 12.3 Å². The van der Waals surface area contributed by atoms with E-state index in [0.29, 0.717) is 5.41 Å². The number of rotatable bonds is 5. The molecular formula is C15H22N2O. The first-order valence-electron chi connectivity index (χ1n) is 6.67. The Morgan fingerprint density at radius 3 is 2.67 bits per heavy atom. The Morgan fingerprint density at radius 1 is 1.39 bits per heavy atom. The van der Waals surface area contributed by atoms with Gasteiger partial charge in [0.15, 0.2) is 0 Å². The van der Waals surface area contributed by atoms with Gasteiger partial charge in [0.2, 0.25) is 0 Å². The monoisotopic (exact) mass is 246 g/mol. The number of hydrogen-bond donors (Lipinski definition) is 2. The summed E-state index contributed by atoms with van der Waals surface area (Å²) in [4.78, 5) is 12.0. The molecule has 1 aliphatic rings. The van der Waals surface area contributed by atoms with Crippen molar-refractivity contribution in [1.82, 2.24) is 5.32 Å². The molecule has 1 amide bonds. The largest absolute Gasteiger partial charge is 0.385 e. The van der Waals surface area contributed by atoms with Crippen LogP contribution in [0.1, 0.15) is 42.6 Å². The number of carbonyl (C=O) groups is 1. The van der Waals surface area contributed by atoms with Gasteiger partial charge in [0.25, 0.3) is 5.91 Å². The van der Waals surface area contributed by atoms with Crippen molar-refractivity contribution >= 4 is 11.6 Å². The predicted molar refractivity (Wildman–Crippen MR) is 75.0 cm³/mol. The van der Waals surface area contributed by atoms with Gasteiger partial charge in [0.05, 0.1) is 0 Å². The number of aryl methyl sites for hydroxylation is 1. The quantitative estimate of drug-likeness (QED) is 0.838. The molecule has 1 saturated carbocycles. The van der Waals surface area contributed by atoms with Crippen molar-refractivity contribution in [1.29, 1.82) is 0 Å². The van der Waals surface area contributed by atoms with Crippen LogP contribution < -0.4 is 10.6 Å². The molecule has 0 bridgehead atoms. The minimum absolute atomic E-state index is 0.0364. The molecular weight excluding hydrogens is 224 g/mol. The van der Waals surface area contributed by atoms with E-state index >= 15 is 0 Å². The van der Waals surface area contributed by atoms with Crippen LogP contribution >= 0.6 is 0 Å². The third-order valence-electron chi connectivity index (χ3n) is 3.64. The molecule has 3 nitrogen and oxygen atoms in total. The lowest BCUT2D eigenvalue weighted by atomic mass is 10.1. The zero-order valence-corrected chi connectivity index (χ0v) is 11.5. The summed E-state index contributed by atoms with van der Waals surface area (Å²) in [5.41, 5.74) is 3.32. The molecule has 0 radical (unpaired) electrons. The van der Waals surface area contributed by atoms with E-state index in [4.69, 9.17) is 0 Å². The molecule has 0 saturated heterocycles. The highest BCUT2D eigenvalue weighted by atomic mass is 16.1. The van der Waals surface area contributed by atoms with Crippen LogP contribution in [0.5, 0.6) is 0 Å². The molecule has 3 heteroatoms. The Morgan fingerprint density at radius 2 is 2.11 bits per heavy atom. The SMILES string of the molecule is CCNc1ccc(C(=O)NCC2(C)CC2)cc1C.